The van der Waals surface area contributed by atoms with Gasteiger partial charge >= 0.3 is 6.09 Å². The highest BCUT2D eigenvalue weighted by molar-refractivity contribution is 5.97. The van der Waals surface area contributed by atoms with E-state index in [4.69, 9.17) is 4.74 Å². The Morgan fingerprint density at radius 3 is 2.61 bits per heavy atom. The number of alkyl carbamates (subject to hydrolysis) is 1. The largest absolute Gasteiger partial charge is 0.444 e. The average Bonchev–Trinajstić information content (AvgIpc) is 2.72. The van der Waals surface area contributed by atoms with Crippen LogP contribution >= 0.6 is 0 Å². The fourth-order valence-electron chi connectivity index (χ4n) is 2.78. The third-order valence-electron chi connectivity index (χ3n) is 4.39. The normalized spacial score (nSPS) is 12.9. The van der Waals surface area contributed by atoms with Gasteiger partial charge in [-0.15, -0.1) is 13.2 Å². The molecule has 0 radical (unpaired) electrons. The van der Waals surface area contributed by atoms with Crippen molar-refractivity contribution >= 4 is 17.7 Å². The number of carbonyl (C=O) groups excluding carboxylic acids is 2. The van der Waals surface area contributed by atoms with Crippen molar-refractivity contribution in [3.05, 3.63) is 67.8 Å². The molecule has 0 aliphatic carbocycles. The molecule has 0 fully saturated rings. The van der Waals surface area contributed by atoms with Crippen LogP contribution in [0.5, 0.6) is 0 Å². The van der Waals surface area contributed by atoms with E-state index in [0.717, 1.165) is 11.1 Å². The zero-order valence-corrected chi connectivity index (χ0v) is 18.5. The lowest BCUT2D eigenvalue weighted by Gasteiger charge is -2.23. The third kappa shape index (κ3) is 7.06. The van der Waals surface area contributed by atoms with Crippen molar-refractivity contribution in [1.82, 2.24) is 15.3 Å². The quantitative estimate of drug-likeness (QED) is 0.581. The lowest BCUT2D eigenvalue weighted by Crippen LogP contribution is -2.35. The van der Waals surface area contributed by atoms with Gasteiger partial charge in [-0.1, -0.05) is 19.1 Å². The SMILES string of the molecule is C=CC[C@H](NC(=O)OC(C)(C)C)c1cc(-c2ccncc2NC(=O)[C@H](C)C=C)ccn1. The van der Waals surface area contributed by atoms with E-state index >= 15 is 0 Å². The number of nitrogens with zero attached hydrogens (tertiary/aromatic N) is 2. The summed E-state index contributed by atoms with van der Waals surface area (Å²) in [4.78, 5) is 33.2. The maximum Gasteiger partial charge on any atom is 0.408 e. The molecule has 2 amide bonds. The minimum absolute atomic E-state index is 0.172. The number of carbonyl (C=O) groups is 2. The summed E-state index contributed by atoms with van der Waals surface area (Å²) >= 11 is 0. The number of pyridine rings is 2. The minimum Gasteiger partial charge on any atom is -0.444 e. The molecule has 0 saturated heterocycles. The van der Waals surface area contributed by atoms with Crippen molar-refractivity contribution in [2.24, 2.45) is 5.92 Å². The molecule has 2 N–H and O–H groups in total. The molecule has 0 saturated carbocycles. The minimum atomic E-state index is -0.606. The molecule has 0 aromatic carbocycles. The van der Waals surface area contributed by atoms with Crippen LogP contribution in [0.4, 0.5) is 10.5 Å². The molecule has 164 valence electrons. The second-order valence-electron chi connectivity index (χ2n) is 8.13. The first kappa shape index (κ1) is 23.8. The molecule has 2 aromatic heterocycles. The fourth-order valence-corrected chi connectivity index (χ4v) is 2.78. The van der Waals surface area contributed by atoms with Crippen molar-refractivity contribution in [3.63, 3.8) is 0 Å². The molecule has 0 aliphatic rings. The zero-order chi connectivity index (χ0) is 23.0. The third-order valence-corrected chi connectivity index (χ3v) is 4.39. The van der Waals surface area contributed by atoms with Gasteiger partial charge in [0.1, 0.15) is 5.60 Å². The smallest absolute Gasteiger partial charge is 0.408 e. The average molecular weight is 423 g/mol. The highest BCUT2D eigenvalue weighted by Crippen LogP contribution is 2.29. The van der Waals surface area contributed by atoms with E-state index in [1.165, 1.54) is 0 Å². The maximum atomic E-state index is 12.3. The van der Waals surface area contributed by atoms with Gasteiger partial charge < -0.3 is 15.4 Å². The number of rotatable bonds is 8. The predicted molar refractivity (Wildman–Crippen MR) is 122 cm³/mol. The molecule has 2 heterocycles. The highest BCUT2D eigenvalue weighted by Gasteiger charge is 2.21. The molecule has 0 aliphatic heterocycles. The highest BCUT2D eigenvalue weighted by atomic mass is 16.6. The predicted octanol–water partition coefficient (Wildman–Crippen LogP) is 5.05. The Bertz CT molecular complexity index is 950. The van der Waals surface area contributed by atoms with E-state index in [2.05, 4.69) is 33.8 Å². The Hall–Kier alpha value is -3.48. The lowest BCUT2D eigenvalue weighted by atomic mass is 10.0. The van der Waals surface area contributed by atoms with Crippen molar-refractivity contribution in [1.29, 1.82) is 0 Å². The van der Waals surface area contributed by atoms with Gasteiger partial charge in [0.15, 0.2) is 0 Å². The summed E-state index contributed by atoms with van der Waals surface area (Å²) < 4.78 is 5.37. The molecule has 0 unspecified atom stereocenters. The second-order valence-corrected chi connectivity index (χ2v) is 8.13. The van der Waals surface area contributed by atoms with E-state index in [1.54, 1.807) is 58.4 Å². The van der Waals surface area contributed by atoms with Crippen LogP contribution in [-0.4, -0.2) is 27.6 Å². The molecule has 7 heteroatoms. The van der Waals surface area contributed by atoms with Crippen molar-refractivity contribution in [3.8, 4) is 11.1 Å². The van der Waals surface area contributed by atoms with Gasteiger partial charge in [-0.3, -0.25) is 14.8 Å². The molecule has 31 heavy (non-hydrogen) atoms. The zero-order valence-electron chi connectivity index (χ0n) is 18.5. The molecule has 2 atom stereocenters. The lowest BCUT2D eigenvalue weighted by molar-refractivity contribution is -0.118. The number of aromatic nitrogens is 2. The number of hydrogen-bond donors (Lipinski definition) is 2. The van der Waals surface area contributed by atoms with Crippen LogP contribution in [0.3, 0.4) is 0 Å². The number of anilines is 1. The van der Waals surface area contributed by atoms with Crippen molar-refractivity contribution in [2.45, 2.75) is 45.8 Å². The molecular weight excluding hydrogens is 392 g/mol. The first-order valence-corrected chi connectivity index (χ1v) is 10.1. The molecule has 7 nitrogen and oxygen atoms in total. The van der Waals surface area contributed by atoms with Crippen LogP contribution in [-0.2, 0) is 9.53 Å². The molecule has 0 bridgehead atoms. The van der Waals surface area contributed by atoms with E-state index in [-0.39, 0.29) is 11.8 Å². The number of ether oxygens (including phenoxy) is 1. The molecular formula is C24H30N4O3. The van der Waals surface area contributed by atoms with E-state index < -0.39 is 17.7 Å². The number of hydrogen-bond acceptors (Lipinski definition) is 5. The topological polar surface area (TPSA) is 93.2 Å². The Morgan fingerprint density at radius 2 is 1.97 bits per heavy atom. The Kier molecular flexibility index (Phi) is 8.07. The summed E-state index contributed by atoms with van der Waals surface area (Å²) in [6.07, 6.45) is 8.17. The number of amides is 2. The Balaban J connectivity index is 2.33. The fraction of sp³-hybridized carbons (Fsp3) is 0.333. The van der Waals surface area contributed by atoms with Gasteiger partial charge in [0.25, 0.3) is 0 Å². The summed E-state index contributed by atoms with van der Waals surface area (Å²) in [5, 5.41) is 5.74. The maximum absolute atomic E-state index is 12.3. The van der Waals surface area contributed by atoms with Gasteiger partial charge in [-0.05, 0) is 51.0 Å². The van der Waals surface area contributed by atoms with E-state index in [9.17, 15) is 9.59 Å². The Morgan fingerprint density at radius 1 is 1.23 bits per heavy atom. The van der Waals surface area contributed by atoms with Crippen molar-refractivity contribution < 1.29 is 14.3 Å². The molecule has 2 rings (SSSR count). The first-order valence-electron chi connectivity index (χ1n) is 10.1. The summed E-state index contributed by atoms with van der Waals surface area (Å²) in [5.41, 5.74) is 2.24. The van der Waals surface area contributed by atoms with Crippen molar-refractivity contribution in [2.75, 3.05) is 5.32 Å². The van der Waals surface area contributed by atoms with Crippen LogP contribution in [0.1, 0.15) is 45.9 Å². The van der Waals surface area contributed by atoms with Gasteiger partial charge in [-0.25, -0.2) is 4.79 Å². The van der Waals surface area contributed by atoms with Gasteiger partial charge in [0.05, 0.1) is 29.5 Å². The summed E-state index contributed by atoms with van der Waals surface area (Å²) in [7, 11) is 0. The summed E-state index contributed by atoms with van der Waals surface area (Å²) in [6, 6.07) is 5.11. The molecule has 0 spiro atoms. The van der Waals surface area contributed by atoms with Crippen LogP contribution in [0.2, 0.25) is 0 Å². The van der Waals surface area contributed by atoms with Gasteiger partial charge in [0, 0.05) is 18.0 Å². The second kappa shape index (κ2) is 10.5. The summed E-state index contributed by atoms with van der Waals surface area (Å²) in [6.45, 7) is 14.6. The Labute approximate surface area is 183 Å². The monoisotopic (exact) mass is 422 g/mol. The van der Waals surface area contributed by atoms with Crippen LogP contribution < -0.4 is 10.6 Å². The van der Waals surface area contributed by atoms with Gasteiger partial charge in [-0.2, -0.15) is 0 Å². The van der Waals surface area contributed by atoms with Crippen LogP contribution in [0, 0.1) is 5.92 Å². The van der Waals surface area contributed by atoms with E-state index in [1.807, 2.05) is 18.2 Å². The standard InChI is InChI=1S/C24H30N4O3/c1-7-9-19(28-23(30)31-24(4,5)6)20-14-17(10-13-26-20)18-11-12-25-15-21(18)27-22(29)16(3)8-2/h7-8,10-16,19H,1-2,9H2,3-6H3,(H,27,29)(H,28,30)/t16-,19+/m1/s1. The van der Waals surface area contributed by atoms with Crippen LogP contribution in [0.15, 0.2) is 62.1 Å². The van der Waals surface area contributed by atoms with Crippen LogP contribution in [0.25, 0.3) is 11.1 Å². The summed E-state index contributed by atoms with van der Waals surface area (Å²) in [5.74, 6) is -0.509. The first-order chi connectivity index (χ1) is 14.6. The van der Waals surface area contributed by atoms with Gasteiger partial charge in [0.2, 0.25) is 5.91 Å². The number of nitrogens with one attached hydrogen (secondary N) is 2. The molecule has 2 aromatic rings. The van der Waals surface area contributed by atoms with E-state index in [0.29, 0.717) is 17.8 Å².